The molecule has 0 fully saturated rings. The van der Waals surface area contributed by atoms with E-state index in [1.807, 2.05) is 13.8 Å². The molecule has 0 aliphatic rings. The van der Waals surface area contributed by atoms with E-state index < -0.39 is 36.2 Å². The maximum absolute atomic E-state index is 13.7. The van der Waals surface area contributed by atoms with Crippen molar-refractivity contribution in [3.05, 3.63) is 82.7 Å². The zero-order chi connectivity index (χ0) is 28.0. The van der Waals surface area contributed by atoms with Gasteiger partial charge in [0, 0.05) is 37.2 Å². The van der Waals surface area contributed by atoms with E-state index in [-0.39, 0.29) is 43.3 Å². The zero-order valence-electron chi connectivity index (χ0n) is 21.6. The van der Waals surface area contributed by atoms with Crippen molar-refractivity contribution in [2.45, 2.75) is 64.2 Å². The highest BCUT2D eigenvalue weighted by atomic mass is 19.1. The molecule has 1 heterocycles. The minimum absolute atomic E-state index is 0.151. The van der Waals surface area contributed by atoms with Gasteiger partial charge in [-0.1, -0.05) is 26.0 Å². The number of amides is 1. The van der Waals surface area contributed by atoms with Gasteiger partial charge in [0.05, 0.1) is 17.9 Å². The first-order chi connectivity index (χ1) is 18.0. The Morgan fingerprint density at radius 3 is 2.34 bits per heavy atom. The van der Waals surface area contributed by atoms with Gasteiger partial charge in [0.2, 0.25) is 0 Å². The highest BCUT2D eigenvalue weighted by molar-refractivity contribution is 5.94. The summed E-state index contributed by atoms with van der Waals surface area (Å²) in [6.07, 6.45) is -2.61. The first kappa shape index (κ1) is 28.9. The van der Waals surface area contributed by atoms with Crippen molar-refractivity contribution in [3.63, 3.8) is 0 Å². The highest BCUT2D eigenvalue weighted by Gasteiger charge is 2.28. The average Bonchev–Trinajstić information content (AvgIpc) is 3.22. The van der Waals surface area contributed by atoms with Crippen molar-refractivity contribution < 1.29 is 33.7 Å². The third-order valence-electron chi connectivity index (χ3n) is 6.19. The van der Waals surface area contributed by atoms with Crippen molar-refractivity contribution in [1.82, 2.24) is 14.7 Å². The van der Waals surface area contributed by atoms with Crippen molar-refractivity contribution in [2.75, 3.05) is 7.05 Å². The standard InChI is InChI=1S/C28H33F2N3O5/c1-17(2)26-24(12-11-22(34)14-23(35)15-25(36)37)33(21-9-7-19(29)8-10-21)31-27(26)28(38)32(3)16-18-5-4-6-20(30)13-18/h4-10,13,17,22-23,34-35H,11-12,14-16H2,1-3H3,(H,36,37)/p-1/t22-,23-/m1/s1. The second kappa shape index (κ2) is 12.7. The van der Waals surface area contributed by atoms with E-state index in [0.717, 1.165) is 0 Å². The number of carbonyl (C=O) groups is 2. The van der Waals surface area contributed by atoms with Crippen molar-refractivity contribution >= 4 is 11.9 Å². The summed E-state index contributed by atoms with van der Waals surface area (Å²) in [4.78, 5) is 25.7. The minimum Gasteiger partial charge on any atom is -0.550 e. The summed E-state index contributed by atoms with van der Waals surface area (Å²) in [5.74, 6) is -2.79. The first-order valence-corrected chi connectivity index (χ1v) is 12.4. The average molecular weight is 529 g/mol. The third kappa shape index (κ3) is 7.45. The van der Waals surface area contributed by atoms with E-state index in [4.69, 9.17) is 0 Å². The fourth-order valence-corrected chi connectivity index (χ4v) is 4.44. The van der Waals surface area contributed by atoms with Gasteiger partial charge in [0.15, 0.2) is 5.69 Å². The van der Waals surface area contributed by atoms with Crippen LogP contribution in [0.2, 0.25) is 0 Å². The molecule has 1 amide bonds. The molecule has 0 spiro atoms. The number of aliphatic hydroxyl groups excluding tert-OH is 2. The van der Waals surface area contributed by atoms with Crippen LogP contribution in [0.3, 0.4) is 0 Å². The van der Waals surface area contributed by atoms with Crippen molar-refractivity contribution in [3.8, 4) is 5.69 Å². The van der Waals surface area contributed by atoms with Gasteiger partial charge in [-0.3, -0.25) is 4.79 Å². The molecule has 2 N–H and O–H groups in total. The van der Waals surface area contributed by atoms with E-state index in [0.29, 0.717) is 22.5 Å². The summed E-state index contributed by atoms with van der Waals surface area (Å²) >= 11 is 0. The predicted molar refractivity (Wildman–Crippen MR) is 134 cm³/mol. The topological polar surface area (TPSA) is 119 Å². The highest BCUT2D eigenvalue weighted by Crippen LogP contribution is 2.29. The normalized spacial score (nSPS) is 12.9. The third-order valence-corrected chi connectivity index (χ3v) is 6.19. The van der Waals surface area contributed by atoms with E-state index in [9.17, 15) is 33.7 Å². The van der Waals surface area contributed by atoms with Crippen LogP contribution in [0.15, 0.2) is 48.5 Å². The van der Waals surface area contributed by atoms with Crippen LogP contribution in [-0.4, -0.2) is 56.0 Å². The molecule has 8 nitrogen and oxygen atoms in total. The van der Waals surface area contributed by atoms with Crippen LogP contribution in [0.25, 0.3) is 5.69 Å². The summed E-state index contributed by atoms with van der Waals surface area (Å²) < 4.78 is 28.8. The second-order valence-electron chi connectivity index (χ2n) is 9.70. The Balaban J connectivity index is 1.95. The maximum atomic E-state index is 13.7. The van der Waals surface area contributed by atoms with Crippen LogP contribution >= 0.6 is 0 Å². The number of aromatic nitrogens is 2. The van der Waals surface area contributed by atoms with Crippen molar-refractivity contribution in [2.24, 2.45) is 0 Å². The lowest BCUT2D eigenvalue weighted by atomic mass is 9.95. The molecule has 10 heteroatoms. The number of aliphatic carboxylic acids is 1. The number of hydrogen-bond acceptors (Lipinski definition) is 6. The number of hydrogen-bond donors (Lipinski definition) is 2. The summed E-state index contributed by atoms with van der Waals surface area (Å²) in [7, 11) is 1.59. The predicted octanol–water partition coefficient (Wildman–Crippen LogP) is 2.73. The fraction of sp³-hybridized carbons (Fsp3) is 0.393. The van der Waals surface area contributed by atoms with Crippen LogP contribution in [0.4, 0.5) is 8.78 Å². The molecular formula is C28H32F2N3O5-. The number of benzene rings is 2. The minimum atomic E-state index is -1.41. The lowest BCUT2D eigenvalue weighted by molar-refractivity contribution is -0.307. The molecule has 2 aromatic carbocycles. The van der Waals surface area contributed by atoms with E-state index in [2.05, 4.69) is 5.10 Å². The molecule has 204 valence electrons. The molecule has 3 aromatic rings. The SMILES string of the molecule is CC(C)c1c(C(=O)N(C)Cc2cccc(F)c2)nn(-c2ccc(F)cc2)c1CC[C@@H](O)C[C@@H](O)CC(=O)[O-]. The van der Waals surface area contributed by atoms with Gasteiger partial charge in [-0.15, -0.1) is 0 Å². The van der Waals surface area contributed by atoms with Gasteiger partial charge in [-0.25, -0.2) is 13.5 Å². The van der Waals surface area contributed by atoms with Crippen LogP contribution < -0.4 is 5.11 Å². The number of carbonyl (C=O) groups excluding carboxylic acids is 2. The molecule has 3 rings (SSSR count). The molecule has 0 saturated carbocycles. The Kier molecular flexibility index (Phi) is 9.71. The monoisotopic (exact) mass is 528 g/mol. The molecule has 0 bridgehead atoms. The Bertz CT molecular complexity index is 1260. The molecule has 38 heavy (non-hydrogen) atoms. The lowest BCUT2D eigenvalue weighted by Gasteiger charge is -2.19. The van der Waals surface area contributed by atoms with Crippen LogP contribution in [0.5, 0.6) is 0 Å². The van der Waals surface area contributed by atoms with Gasteiger partial charge in [0.1, 0.15) is 11.6 Å². The molecule has 0 aliphatic heterocycles. The smallest absolute Gasteiger partial charge is 0.274 e. The largest absolute Gasteiger partial charge is 0.550 e. The Hall–Kier alpha value is -3.63. The number of halogens is 2. The lowest BCUT2D eigenvalue weighted by Crippen LogP contribution is -2.29. The molecule has 0 unspecified atom stereocenters. The summed E-state index contributed by atoms with van der Waals surface area (Å²) in [6.45, 7) is 3.96. The molecule has 0 saturated heterocycles. The van der Waals surface area contributed by atoms with Crippen molar-refractivity contribution in [1.29, 1.82) is 0 Å². The quantitative estimate of drug-likeness (QED) is 0.373. The summed E-state index contributed by atoms with van der Waals surface area (Å²) in [5, 5.41) is 35.6. The molecule has 0 aliphatic carbocycles. The molecule has 1 aromatic heterocycles. The number of aliphatic hydroxyl groups is 2. The Labute approximate surface area is 220 Å². The zero-order valence-corrected chi connectivity index (χ0v) is 21.6. The van der Waals surface area contributed by atoms with Gasteiger partial charge in [0.25, 0.3) is 5.91 Å². The Morgan fingerprint density at radius 2 is 1.74 bits per heavy atom. The summed E-state index contributed by atoms with van der Waals surface area (Å²) in [6, 6.07) is 11.6. The van der Waals surface area contributed by atoms with Gasteiger partial charge >= 0.3 is 0 Å². The van der Waals surface area contributed by atoms with E-state index in [1.165, 1.54) is 41.3 Å². The Morgan fingerprint density at radius 1 is 1.05 bits per heavy atom. The van der Waals surface area contributed by atoms with Gasteiger partial charge < -0.3 is 25.0 Å². The second-order valence-corrected chi connectivity index (χ2v) is 9.70. The summed E-state index contributed by atoms with van der Waals surface area (Å²) in [5.41, 5.74) is 2.59. The van der Waals surface area contributed by atoms with Gasteiger partial charge in [-0.2, -0.15) is 5.10 Å². The molecular weight excluding hydrogens is 496 g/mol. The van der Waals surface area contributed by atoms with Gasteiger partial charge in [-0.05, 0) is 67.1 Å². The number of carboxylic acids is 1. The fourth-order valence-electron chi connectivity index (χ4n) is 4.44. The van der Waals surface area contributed by atoms with E-state index >= 15 is 0 Å². The van der Waals surface area contributed by atoms with Crippen LogP contribution in [0, 0.1) is 11.6 Å². The molecule has 0 radical (unpaired) electrons. The maximum Gasteiger partial charge on any atom is 0.274 e. The number of carboxylic acid groups (broad SMARTS) is 1. The van der Waals surface area contributed by atoms with Crippen LogP contribution in [-0.2, 0) is 17.8 Å². The van der Waals surface area contributed by atoms with Crippen LogP contribution in [0.1, 0.15) is 66.3 Å². The number of rotatable bonds is 12. The number of nitrogens with zero attached hydrogens (tertiary/aromatic N) is 3. The first-order valence-electron chi connectivity index (χ1n) is 12.4. The van der Waals surface area contributed by atoms with E-state index in [1.54, 1.807) is 23.9 Å². The molecule has 2 atom stereocenters.